The van der Waals surface area contributed by atoms with Crippen LogP contribution in [0, 0.1) is 23.7 Å². The van der Waals surface area contributed by atoms with E-state index in [2.05, 4.69) is 100.0 Å². The Morgan fingerprint density at radius 3 is 1.06 bits per heavy atom. The normalized spacial score (nSPS) is 16.6. The number of alkyl halides is 9. The van der Waals surface area contributed by atoms with Crippen LogP contribution in [0.5, 0.6) is 0 Å². The fourth-order valence-electron chi connectivity index (χ4n) is 12.2. The van der Waals surface area contributed by atoms with E-state index in [1.165, 1.54) is 83.4 Å². The number of nitrogens with two attached hydrogens (primary N) is 1. The van der Waals surface area contributed by atoms with E-state index < -0.39 is 92.9 Å². The Hall–Kier alpha value is -12.5. The molecular weight excluding hydrogens is 1750 g/mol. The summed E-state index contributed by atoms with van der Waals surface area (Å²) in [6.45, 7) is 20.1. The fraction of sp³-hybridized carbons (Fsp3) is 0.438. The number of carboxylic acids is 1. The highest BCUT2D eigenvalue weighted by molar-refractivity contribution is 6.97. The Balaban J connectivity index is 0.000000200. The van der Waals surface area contributed by atoms with Crippen molar-refractivity contribution in [3.8, 4) is 51.2 Å². The number of nitrogens with zero attached hydrogens (tertiary/aromatic N) is 18. The number of aliphatic carboxylic acids is 1. The van der Waals surface area contributed by atoms with E-state index >= 15 is 0 Å². The fourth-order valence-corrected chi connectivity index (χ4v) is 12.4. The molecule has 0 spiro atoms. The van der Waals surface area contributed by atoms with Crippen LogP contribution in [0.4, 0.5) is 71.4 Å². The standard InChI is InChI=1S/C24H26F3N7O3.C19H18F3N7O.C13H9F3N6.C11H18ClNO3.C11H19NO4.C2Cl2O2/c1-23(2,3)37-22(36)33-11-5-7-16(14-33)21(35)29-19-8-9-20(31-30-19)34-18(24(25,26)27)12-17(32-34)15-6-4-10-28-13-15;20-19(21,22)15-9-14(12-3-1-7-23-10-12)28-29(15)17-6-5-16(26-27-17)25-18(30)13-4-2-8-24-11-13;14-13(15,16)10-6-9(8-2-1-5-18-7-8)21-22(10)12-4-3-11(17)19-20-12;1-11(2,3)16-10(15)13-6-4-5-8(7-13)9(12)14;1-11(2,3)16-10(15)12-6-4-5-8(7-12)9(13)14;3-1(5)2(4)6/h4,6,8-10,12-13,16H,5,7,11,14H2,1-3H3,(H,29,30,35);1,3,5-7,9-10,13,24H,2,4,8,11H2,(H,25,26,30);1-7H,(H2,17,19);8H,4-7H2,1-3H3;8H,4-7H2,1-3H3,(H,13,14);. The number of likely N-dealkylation sites (tertiary alicyclic amines) is 3. The van der Waals surface area contributed by atoms with Gasteiger partial charge in [0.1, 0.15) is 22.6 Å². The van der Waals surface area contributed by atoms with Gasteiger partial charge in [0.2, 0.25) is 17.1 Å². The summed E-state index contributed by atoms with van der Waals surface area (Å²) in [4.78, 5) is 118. The van der Waals surface area contributed by atoms with Crippen LogP contribution < -0.4 is 21.7 Å². The van der Waals surface area contributed by atoms with Gasteiger partial charge in [0.15, 0.2) is 46.2 Å². The van der Waals surface area contributed by atoms with Gasteiger partial charge in [-0.15, -0.1) is 30.6 Å². The number of piperidine rings is 4. The average Bonchev–Trinajstić information content (AvgIpc) is 1.65. The Morgan fingerprint density at radius 1 is 0.441 bits per heavy atom. The third kappa shape index (κ3) is 31.3. The Labute approximate surface area is 735 Å². The number of ether oxygens (including phenoxy) is 3. The molecule has 0 aromatic carbocycles. The molecule has 682 valence electrons. The summed E-state index contributed by atoms with van der Waals surface area (Å²) in [5.74, 6) is -2.80. The van der Waals surface area contributed by atoms with Crippen molar-refractivity contribution in [2.75, 3.05) is 68.7 Å². The number of anilines is 3. The maximum Gasteiger partial charge on any atom is 0.433 e. The molecule has 13 heterocycles. The number of aromatic nitrogens is 15. The minimum Gasteiger partial charge on any atom is -0.481 e. The largest absolute Gasteiger partial charge is 0.481 e. The van der Waals surface area contributed by atoms with Gasteiger partial charge in [0.25, 0.3) is 0 Å². The van der Waals surface area contributed by atoms with Gasteiger partial charge in [0, 0.05) is 99.7 Å². The van der Waals surface area contributed by atoms with Crippen LogP contribution in [0.1, 0.15) is 131 Å². The second-order valence-electron chi connectivity index (χ2n) is 31.6. The second-order valence-corrected chi connectivity index (χ2v) is 32.6. The third-order valence-electron chi connectivity index (χ3n) is 18.1. The molecule has 4 unspecified atom stereocenters. The Bertz CT molecular complexity index is 5140. The molecule has 13 rings (SSSR count). The molecule has 6 N–H and O–H groups in total. The van der Waals surface area contributed by atoms with Crippen molar-refractivity contribution in [1.29, 1.82) is 0 Å². The molecule has 9 aromatic rings. The summed E-state index contributed by atoms with van der Waals surface area (Å²) in [6.07, 6.45) is -0.611. The van der Waals surface area contributed by atoms with Gasteiger partial charge in [-0.3, -0.25) is 43.7 Å². The van der Waals surface area contributed by atoms with Crippen LogP contribution in [0.3, 0.4) is 0 Å². The maximum atomic E-state index is 13.7. The molecule has 0 bridgehead atoms. The highest BCUT2D eigenvalue weighted by atomic mass is 35.5. The number of rotatable bonds is 13. The van der Waals surface area contributed by atoms with E-state index in [0.717, 1.165) is 56.8 Å². The molecule has 0 saturated carbocycles. The molecule has 127 heavy (non-hydrogen) atoms. The molecule has 5 amide bonds. The molecule has 0 aliphatic carbocycles. The molecule has 9 aromatic heterocycles. The van der Waals surface area contributed by atoms with Crippen LogP contribution in [0.2, 0.25) is 0 Å². The number of halogens is 12. The van der Waals surface area contributed by atoms with E-state index in [1.807, 2.05) is 20.8 Å². The van der Waals surface area contributed by atoms with E-state index in [9.17, 15) is 82.7 Å². The monoisotopic (exact) mass is 1840 g/mol. The lowest BCUT2D eigenvalue weighted by atomic mass is 9.97. The lowest BCUT2D eigenvalue weighted by Crippen LogP contribution is -2.45. The molecule has 47 heteroatoms. The SMILES string of the molecule is CC(C)(C)OC(=O)N1CCCC(C(=O)Cl)C1.CC(C)(C)OC(=O)N1CCCC(C(=O)Nc2ccc(-n3nc(-c4cccnc4)cc3C(F)(F)F)nn2)C1.CC(C)(C)OC(=O)N1CCCC(C(=O)O)C1.Nc1ccc(-n2nc(-c3cccnc3)cc2C(F)(F)F)nn1.O=C(Cl)C(=O)Cl.O=C(Nc1ccc(-n2nc(-c3cccnc3)cc2C(F)(F)F)nn1)C1CCCNC1. The first kappa shape index (κ1) is 100.0. The summed E-state index contributed by atoms with van der Waals surface area (Å²) in [5, 5.41) is 49.3. The quantitative estimate of drug-likeness (QED) is 0.0310. The van der Waals surface area contributed by atoms with Gasteiger partial charge in [-0.05, 0) is 246 Å². The van der Waals surface area contributed by atoms with Crippen LogP contribution in [0.15, 0.2) is 128 Å². The zero-order valence-corrected chi connectivity index (χ0v) is 72.0. The minimum absolute atomic E-state index is 0.0661. The number of pyridine rings is 3. The van der Waals surface area contributed by atoms with Gasteiger partial charge in [-0.25, -0.2) is 28.4 Å². The summed E-state index contributed by atoms with van der Waals surface area (Å²) in [6, 6.07) is 20.5. The van der Waals surface area contributed by atoms with E-state index in [-0.39, 0.29) is 100 Å². The number of hydrogen-bond acceptors (Lipinski definition) is 26. The van der Waals surface area contributed by atoms with Crippen molar-refractivity contribution in [3.05, 3.63) is 145 Å². The molecule has 4 aliphatic rings. The van der Waals surface area contributed by atoms with E-state index in [4.69, 9.17) is 36.7 Å². The summed E-state index contributed by atoms with van der Waals surface area (Å²) < 4.78 is 139. The molecule has 0 radical (unpaired) electrons. The molecule has 4 fully saturated rings. The molecule has 35 nitrogen and oxygen atoms in total. The third-order valence-corrected chi connectivity index (χ3v) is 18.8. The summed E-state index contributed by atoms with van der Waals surface area (Å²) in [7, 11) is 0. The topological polar surface area (TPSA) is 443 Å². The number of carbonyl (C=O) groups is 9. The molecule has 4 saturated heterocycles. The Kier molecular flexibility index (Phi) is 34.7. The van der Waals surface area contributed by atoms with Crippen molar-refractivity contribution in [2.45, 2.75) is 149 Å². The van der Waals surface area contributed by atoms with Crippen LogP contribution in [-0.4, -0.2) is 216 Å². The first-order valence-electron chi connectivity index (χ1n) is 39.1. The minimum atomic E-state index is -4.69. The number of amides is 5. The zero-order chi connectivity index (χ0) is 93.5. The van der Waals surface area contributed by atoms with Gasteiger partial charge >= 0.3 is 53.3 Å². The van der Waals surface area contributed by atoms with Crippen molar-refractivity contribution in [2.24, 2.45) is 23.7 Å². The van der Waals surface area contributed by atoms with Crippen LogP contribution in [-0.2, 0) is 61.5 Å². The van der Waals surface area contributed by atoms with Crippen molar-refractivity contribution in [3.63, 3.8) is 0 Å². The first-order valence-corrected chi connectivity index (χ1v) is 40.2. The second kappa shape index (κ2) is 44.1. The van der Waals surface area contributed by atoms with Crippen molar-refractivity contribution >= 4 is 104 Å². The number of nitrogen functional groups attached to an aromatic ring is 1. The lowest BCUT2D eigenvalue weighted by molar-refractivity contribution is -0.144. The zero-order valence-electron chi connectivity index (χ0n) is 69.8. The van der Waals surface area contributed by atoms with Gasteiger partial charge < -0.3 is 55.7 Å². The number of carbonyl (C=O) groups excluding carboxylic acids is 8. The van der Waals surface area contributed by atoms with Gasteiger partial charge in [-0.2, -0.15) is 54.8 Å². The number of nitrogens with one attached hydrogen (secondary N) is 3. The summed E-state index contributed by atoms with van der Waals surface area (Å²) in [5.41, 5.74) is 2.39. The smallest absolute Gasteiger partial charge is 0.433 e. The summed E-state index contributed by atoms with van der Waals surface area (Å²) >= 11 is 14.4. The van der Waals surface area contributed by atoms with Gasteiger partial charge in [0.05, 0.1) is 40.8 Å². The van der Waals surface area contributed by atoms with Crippen LogP contribution >= 0.6 is 34.8 Å². The molecular formula is C80H90Cl3F9N22O13. The van der Waals surface area contributed by atoms with Crippen molar-refractivity contribution in [1.82, 2.24) is 94.9 Å². The Morgan fingerprint density at radius 2 is 0.772 bits per heavy atom. The van der Waals surface area contributed by atoms with Crippen molar-refractivity contribution < 1.29 is 102 Å². The predicted molar refractivity (Wildman–Crippen MR) is 441 cm³/mol. The maximum absolute atomic E-state index is 13.7. The predicted octanol–water partition coefficient (Wildman–Crippen LogP) is 14.0. The number of carboxylic acid groups (broad SMARTS) is 1. The lowest BCUT2D eigenvalue weighted by Gasteiger charge is -2.33. The van der Waals surface area contributed by atoms with Gasteiger partial charge in [-0.1, -0.05) is 0 Å². The van der Waals surface area contributed by atoms with Crippen LogP contribution in [0.25, 0.3) is 51.2 Å². The molecule has 4 atom stereocenters. The highest BCUT2D eigenvalue weighted by Gasteiger charge is 2.41. The number of hydrogen-bond donors (Lipinski definition) is 5. The first-order chi connectivity index (χ1) is 59.5. The average molecular weight is 1850 g/mol. The van der Waals surface area contributed by atoms with E-state index in [0.29, 0.717) is 82.7 Å². The van der Waals surface area contributed by atoms with E-state index in [1.54, 1.807) is 82.8 Å². The highest BCUT2D eigenvalue weighted by Crippen LogP contribution is 2.38. The molecule has 4 aliphatic heterocycles.